The average Bonchev–Trinajstić information content (AvgIpc) is 2.69. The molecule has 0 unspecified atom stereocenters. The number of anilines is 4. The van der Waals surface area contributed by atoms with Crippen LogP contribution >= 0.6 is 0 Å². The van der Waals surface area contributed by atoms with Gasteiger partial charge < -0.3 is 15.1 Å². The third-order valence-corrected chi connectivity index (χ3v) is 5.22. The van der Waals surface area contributed by atoms with Crippen molar-refractivity contribution in [2.75, 3.05) is 41.3 Å². The summed E-state index contributed by atoms with van der Waals surface area (Å²) in [6.45, 7) is 11.1. The maximum atomic E-state index is 4.72. The molecule has 0 saturated carbocycles. The van der Waals surface area contributed by atoms with E-state index in [4.69, 9.17) is 4.98 Å². The first-order valence-electron chi connectivity index (χ1n) is 10.4. The van der Waals surface area contributed by atoms with Crippen molar-refractivity contribution in [3.63, 3.8) is 0 Å². The Morgan fingerprint density at radius 1 is 1.04 bits per heavy atom. The van der Waals surface area contributed by atoms with Crippen molar-refractivity contribution in [3.05, 3.63) is 36.5 Å². The molecule has 1 aliphatic rings. The van der Waals surface area contributed by atoms with Crippen LogP contribution < -0.4 is 15.1 Å². The zero-order valence-corrected chi connectivity index (χ0v) is 17.0. The number of hydrogen-bond acceptors (Lipinski definition) is 5. The first-order chi connectivity index (χ1) is 13.2. The van der Waals surface area contributed by atoms with E-state index in [1.165, 1.54) is 18.5 Å². The summed E-state index contributed by atoms with van der Waals surface area (Å²) in [5.74, 6) is 2.51. The third-order valence-electron chi connectivity index (χ3n) is 5.22. The zero-order chi connectivity index (χ0) is 19.1. The van der Waals surface area contributed by atoms with E-state index in [0.717, 1.165) is 56.4 Å². The average molecular weight is 368 g/mol. The lowest BCUT2D eigenvalue weighted by Gasteiger charge is -2.32. The van der Waals surface area contributed by atoms with Crippen molar-refractivity contribution < 1.29 is 0 Å². The van der Waals surface area contributed by atoms with E-state index < -0.39 is 0 Å². The largest absolute Gasteiger partial charge is 0.372 e. The van der Waals surface area contributed by atoms with Gasteiger partial charge in [-0.25, -0.2) is 4.98 Å². The Labute approximate surface area is 163 Å². The number of nitrogens with one attached hydrogen (secondary N) is 1. The highest BCUT2D eigenvalue weighted by molar-refractivity contribution is 5.60. The van der Waals surface area contributed by atoms with Crippen molar-refractivity contribution in [3.8, 4) is 0 Å². The second-order valence-corrected chi connectivity index (χ2v) is 7.57. The normalized spacial score (nSPS) is 15.0. The second-order valence-electron chi connectivity index (χ2n) is 7.57. The molecule has 1 fully saturated rings. The van der Waals surface area contributed by atoms with Crippen LogP contribution in [-0.2, 0) is 0 Å². The minimum absolute atomic E-state index is 0.657. The molecule has 5 heteroatoms. The summed E-state index contributed by atoms with van der Waals surface area (Å²) in [4.78, 5) is 13.9. The number of rotatable bonds is 8. The Morgan fingerprint density at radius 2 is 1.70 bits per heavy atom. The highest BCUT2D eigenvalue weighted by Crippen LogP contribution is 2.25. The molecule has 1 N–H and O–H groups in total. The zero-order valence-electron chi connectivity index (χ0n) is 17.0. The molecule has 5 nitrogen and oxygen atoms in total. The summed E-state index contributed by atoms with van der Waals surface area (Å²) in [6.07, 6.45) is 6.64. The molecule has 1 aliphatic heterocycles. The summed E-state index contributed by atoms with van der Waals surface area (Å²) in [7, 11) is 0. The summed E-state index contributed by atoms with van der Waals surface area (Å²) in [5, 5.41) is 3.35. The van der Waals surface area contributed by atoms with E-state index >= 15 is 0 Å². The van der Waals surface area contributed by atoms with Gasteiger partial charge >= 0.3 is 0 Å². The Bertz CT molecular complexity index is 686. The van der Waals surface area contributed by atoms with Gasteiger partial charge in [0, 0.05) is 43.8 Å². The van der Waals surface area contributed by atoms with Crippen LogP contribution in [0.2, 0.25) is 0 Å². The molecule has 0 amide bonds. The fraction of sp³-hybridized carbons (Fsp3) is 0.545. The predicted octanol–water partition coefficient (Wildman–Crippen LogP) is 5.08. The molecule has 146 valence electrons. The summed E-state index contributed by atoms with van der Waals surface area (Å²) in [6, 6.07) is 10.6. The van der Waals surface area contributed by atoms with Crippen LogP contribution in [0.25, 0.3) is 0 Å². The van der Waals surface area contributed by atoms with E-state index in [1.54, 1.807) is 0 Å². The molecule has 1 saturated heterocycles. The van der Waals surface area contributed by atoms with Gasteiger partial charge in [0.05, 0.1) is 0 Å². The van der Waals surface area contributed by atoms with E-state index in [9.17, 15) is 0 Å². The van der Waals surface area contributed by atoms with E-state index in [1.807, 2.05) is 12.3 Å². The van der Waals surface area contributed by atoms with Crippen molar-refractivity contribution in [1.82, 2.24) is 9.97 Å². The van der Waals surface area contributed by atoms with Crippen LogP contribution in [0.3, 0.4) is 0 Å². The van der Waals surface area contributed by atoms with Gasteiger partial charge in [0.15, 0.2) is 0 Å². The molecule has 2 aromatic rings. The molecule has 2 heterocycles. The van der Waals surface area contributed by atoms with Crippen LogP contribution in [0.5, 0.6) is 0 Å². The molecule has 0 radical (unpaired) electrons. The SMILES string of the molecule is CCCN(CCC)c1ccnc(Nc2ccc(N3CCC(C)CC3)cc2)n1. The quantitative estimate of drug-likeness (QED) is 0.704. The number of hydrogen-bond donors (Lipinski definition) is 1. The molecule has 0 atom stereocenters. The monoisotopic (exact) mass is 367 g/mol. The summed E-state index contributed by atoms with van der Waals surface area (Å²) < 4.78 is 0. The smallest absolute Gasteiger partial charge is 0.229 e. The Hall–Kier alpha value is -2.30. The van der Waals surface area contributed by atoms with Crippen LogP contribution in [0.4, 0.5) is 23.1 Å². The maximum Gasteiger partial charge on any atom is 0.229 e. The number of nitrogens with zero attached hydrogens (tertiary/aromatic N) is 4. The lowest BCUT2D eigenvalue weighted by atomic mass is 9.99. The number of aromatic nitrogens is 2. The number of piperidine rings is 1. The van der Waals surface area contributed by atoms with Crippen LogP contribution in [-0.4, -0.2) is 36.1 Å². The first kappa shape index (κ1) is 19.5. The standard InChI is InChI=1S/C22H33N5/c1-4-14-27(15-5-2)21-10-13-23-22(25-21)24-19-6-8-20(9-7-19)26-16-11-18(3)12-17-26/h6-10,13,18H,4-5,11-12,14-17H2,1-3H3,(H,23,24,25). The van der Waals surface area contributed by atoms with Crippen LogP contribution in [0, 0.1) is 5.92 Å². The fourth-order valence-corrected chi connectivity index (χ4v) is 3.62. The lowest BCUT2D eigenvalue weighted by Crippen LogP contribution is -2.32. The molecular weight excluding hydrogens is 334 g/mol. The number of benzene rings is 1. The van der Waals surface area contributed by atoms with E-state index in [0.29, 0.717) is 5.95 Å². The first-order valence-corrected chi connectivity index (χ1v) is 10.4. The Balaban J connectivity index is 1.65. The maximum absolute atomic E-state index is 4.72. The molecule has 0 aliphatic carbocycles. The van der Waals surface area contributed by atoms with Crippen molar-refractivity contribution in [2.45, 2.75) is 46.5 Å². The van der Waals surface area contributed by atoms with Gasteiger partial charge in [-0.1, -0.05) is 20.8 Å². The van der Waals surface area contributed by atoms with Crippen molar-refractivity contribution in [1.29, 1.82) is 0 Å². The fourth-order valence-electron chi connectivity index (χ4n) is 3.62. The van der Waals surface area contributed by atoms with Crippen molar-refractivity contribution in [2.24, 2.45) is 5.92 Å². The summed E-state index contributed by atoms with van der Waals surface area (Å²) in [5.41, 5.74) is 2.33. The van der Waals surface area contributed by atoms with Gasteiger partial charge in [0.1, 0.15) is 5.82 Å². The Kier molecular flexibility index (Phi) is 6.91. The molecule has 27 heavy (non-hydrogen) atoms. The predicted molar refractivity (Wildman–Crippen MR) is 115 cm³/mol. The highest BCUT2D eigenvalue weighted by atomic mass is 15.2. The topological polar surface area (TPSA) is 44.3 Å². The molecule has 0 spiro atoms. The summed E-state index contributed by atoms with van der Waals surface area (Å²) >= 11 is 0. The van der Waals surface area contributed by atoms with Gasteiger partial charge in [-0.3, -0.25) is 0 Å². The molecule has 0 bridgehead atoms. The van der Waals surface area contributed by atoms with Crippen molar-refractivity contribution >= 4 is 23.1 Å². The molecule has 3 rings (SSSR count). The van der Waals surface area contributed by atoms with Crippen LogP contribution in [0.1, 0.15) is 46.5 Å². The second kappa shape index (κ2) is 9.58. The van der Waals surface area contributed by atoms with Gasteiger partial charge in [-0.2, -0.15) is 4.98 Å². The van der Waals surface area contributed by atoms with E-state index in [2.05, 4.69) is 65.1 Å². The van der Waals surface area contributed by atoms with Crippen LogP contribution in [0.15, 0.2) is 36.5 Å². The van der Waals surface area contributed by atoms with Gasteiger partial charge in [0.25, 0.3) is 0 Å². The highest BCUT2D eigenvalue weighted by Gasteiger charge is 2.16. The van der Waals surface area contributed by atoms with Gasteiger partial charge in [-0.15, -0.1) is 0 Å². The minimum Gasteiger partial charge on any atom is -0.372 e. The Morgan fingerprint density at radius 3 is 2.33 bits per heavy atom. The minimum atomic E-state index is 0.657. The van der Waals surface area contributed by atoms with Gasteiger partial charge in [-0.05, 0) is 61.9 Å². The van der Waals surface area contributed by atoms with Gasteiger partial charge in [0.2, 0.25) is 5.95 Å². The van der Waals surface area contributed by atoms with E-state index in [-0.39, 0.29) is 0 Å². The lowest BCUT2D eigenvalue weighted by molar-refractivity contribution is 0.438. The molecule has 1 aromatic heterocycles. The molecular formula is C22H33N5. The molecule has 1 aromatic carbocycles. The third kappa shape index (κ3) is 5.34.